The van der Waals surface area contributed by atoms with Crippen molar-refractivity contribution in [3.63, 3.8) is 0 Å². The molecule has 0 aliphatic carbocycles. The smallest absolute Gasteiger partial charge is 0.388 e. The average Bonchev–Trinajstić information content (AvgIpc) is 2.84. The Bertz CT molecular complexity index is 1130. The molecule has 37 heavy (non-hydrogen) atoms. The number of aromatic nitrogens is 4. The third-order valence-electron chi connectivity index (χ3n) is 5.01. The van der Waals surface area contributed by atoms with Gasteiger partial charge in [-0.05, 0) is 19.1 Å². The molecule has 3 N–H and O–H groups in total. The topological polar surface area (TPSA) is 101 Å². The molecule has 0 unspecified atom stereocenters. The Labute approximate surface area is 234 Å². The predicted molar refractivity (Wildman–Crippen MR) is 150 cm³/mol. The van der Waals surface area contributed by atoms with Crippen LogP contribution in [-0.4, -0.2) is 25.8 Å². The summed E-state index contributed by atoms with van der Waals surface area (Å²) >= 11 is 0. The predicted octanol–water partition coefficient (Wildman–Crippen LogP) is 6.82. The van der Waals surface area contributed by atoms with E-state index in [0.717, 1.165) is 33.9 Å². The van der Waals surface area contributed by atoms with Gasteiger partial charge in [0.1, 0.15) is 12.7 Å². The molecule has 0 aliphatic heterocycles. The van der Waals surface area contributed by atoms with E-state index >= 15 is 0 Å². The summed E-state index contributed by atoms with van der Waals surface area (Å²) in [6.45, 7) is 14.5. The zero-order valence-corrected chi connectivity index (χ0v) is 24.5. The summed E-state index contributed by atoms with van der Waals surface area (Å²) in [5.74, 6) is 0.167. The third-order valence-corrected chi connectivity index (χ3v) is 5.01. The molecule has 0 aliphatic rings. The first-order valence-electron chi connectivity index (χ1n) is 11.9. The maximum Gasteiger partial charge on any atom is 3.00 e. The van der Waals surface area contributed by atoms with Crippen LogP contribution in [0.15, 0.2) is 85.5 Å². The molecule has 7 heteroatoms. The molecule has 0 amide bonds. The van der Waals surface area contributed by atoms with Crippen LogP contribution in [0.25, 0.3) is 22.5 Å². The van der Waals surface area contributed by atoms with E-state index in [1.54, 1.807) is 12.7 Å². The number of amidine groups is 1. The number of nitrogens with one attached hydrogen (secondary N) is 1. The molecule has 1 radical (unpaired) electrons. The van der Waals surface area contributed by atoms with Gasteiger partial charge in [0.25, 0.3) is 0 Å². The van der Waals surface area contributed by atoms with E-state index in [4.69, 9.17) is 11.1 Å². The number of nitrogens with two attached hydrogens (primary N) is 1. The van der Waals surface area contributed by atoms with Crippen molar-refractivity contribution in [2.75, 3.05) is 0 Å². The summed E-state index contributed by atoms with van der Waals surface area (Å²) < 4.78 is 0. The van der Waals surface area contributed by atoms with Crippen molar-refractivity contribution in [1.82, 2.24) is 19.9 Å². The van der Waals surface area contributed by atoms with Crippen LogP contribution >= 0.6 is 0 Å². The Hall–Kier alpha value is -3.31. The SMILES string of the molecule is CC(=N)N.CC(C)(C)c1cc(-c2ccccc2)ncn1.CC(C)(C)c1cc(-c2ccccc2)ncn1.[Ru+3]. The minimum atomic E-state index is 0. The molecule has 0 bridgehead atoms. The molecule has 2 aromatic heterocycles. The van der Waals surface area contributed by atoms with Crippen molar-refractivity contribution >= 4 is 5.84 Å². The molecule has 0 saturated heterocycles. The third kappa shape index (κ3) is 11.1. The van der Waals surface area contributed by atoms with E-state index in [9.17, 15) is 0 Å². The van der Waals surface area contributed by atoms with E-state index in [2.05, 4.69) is 97.9 Å². The van der Waals surface area contributed by atoms with Gasteiger partial charge in [0, 0.05) is 33.3 Å². The summed E-state index contributed by atoms with van der Waals surface area (Å²) in [5, 5.41) is 6.28. The van der Waals surface area contributed by atoms with Crippen molar-refractivity contribution in [2.45, 2.75) is 59.3 Å². The van der Waals surface area contributed by atoms with Gasteiger partial charge in [0.15, 0.2) is 0 Å². The molecule has 0 saturated carbocycles. The van der Waals surface area contributed by atoms with Gasteiger partial charge in [-0.1, -0.05) is 102 Å². The number of rotatable bonds is 2. The van der Waals surface area contributed by atoms with Gasteiger partial charge in [0.05, 0.1) is 17.2 Å². The minimum absolute atomic E-state index is 0. The van der Waals surface area contributed by atoms with Crippen LogP contribution in [0.1, 0.15) is 59.9 Å². The van der Waals surface area contributed by atoms with E-state index in [1.165, 1.54) is 6.92 Å². The van der Waals surface area contributed by atoms with Crippen LogP contribution < -0.4 is 5.73 Å². The van der Waals surface area contributed by atoms with E-state index < -0.39 is 0 Å². The normalized spacial score (nSPS) is 10.6. The largest absolute Gasteiger partial charge is 3.00 e. The average molecular weight is 584 g/mol. The van der Waals surface area contributed by atoms with Crippen molar-refractivity contribution < 1.29 is 19.5 Å². The second kappa shape index (κ2) is 14.4. The summed E-state index contributed by atoms with van der Waals surface area (Å²) in [6.07, 6.45) is 3.28. The molecule has 4 aromatic rings. The Morgan fingerprint density at radius 3 is 1.19 bits per heavy atom. The van der Waals surface area contributed by atoms with Crippen molar-refractivity contribution in [2.24, 2.45) is 5.73 Å². The Kier molecular flexibility index (Phi) is 12.4. The van der Waals surface area contributed by atoms with Gasteiger partial charge in [-0.3, -0.25) is 5.41 Å². The van der Waals surface area contributed by atoms with Crippen LogP contribution in [-0.2, 0) is 30.3 Å². The number of hydrogen-bond donors (Lipinski definition) is 2. The molecule has 0 atom stereocenters. The molecule has 4 rings (SSSR count). The van der Waals surface area contributed by atoms with Gasteiger partial charge >= 0.3 is 19.5 Å². The molecule has 0 fully saturated rings. The first-order chi connectivity index (χ1) is 16.9. The number of benzene rings is 2. The maximum atomic E-state index is 6.28. The molecular formula is C30H38N6Ru+3. The number of nitrogens with zero attached hydrogens (tertiary/aromatic N) is 4. The fraction of sp³-hybridized carbons (Fsp3) is 0.300. The molecular weight excluding hydrogens is 545 g/mol. The van der Waals surface area contributed by atoms with Crippen LogP contribution in [0, 0.1) is 5.41 Å². The van der Waals surface area contributed by atoms with E-state index in [0.29, 0.717) is 0 Å². The van der Waals surface area contributed by atoms with Crippen molar-refractivity contribution in [1.29, 1.82) is 5.41 Å². The van der Waals surface area contributed by atoms with E-state index in [-0.39, 0.29) is 36.1 Å². The second-order valence-corrected chi connectivity index (χ2v) is 10.5. The molecule has 2 heterocycles. The summed E-state index contributed by atoms with van der Waals surface area (Å²) in [7, 11) is 0. The fourth-order valence-corrected chi connectivity index (χ4v) is 3.07. The molecule has 0 spiro atoms. The first-order valence-corrected chi connectivity index (χ1v) is 11.9. The monoisotopic (exact) mass is 584 g/mol. The summed E-state index contributed by atoms with van der Waals surface area (Å²) in [6, 6.07) is 24.5. The van der Waals surface area contributed by atoms with Gasteiger partial charge in [-0.2, -0.15) is 0 Å². The summed E-state index contributed by atoms with van der Waals surface area (Å²) in [4.78, 5) is 17.3. The number of hydrogen-bond acceptors (Lipinski definition) is 5. The Morgan fingerprint density at radius 1 is 0.622 bits per heavy atom. The van der Waals surface area contributed by atoms with Gasteiger partial charge in [-0.15, -0.1) is 0 Å². The molecule has 6 nitrogen and oxygen atoms in total. The van der Waals surface area contributed by atoms with Crippen LogP contribution in [0.2, 0.25) is 0 Å². The van der Waals surface area contributed by atoms with Crippen molar-refractivity contribution in [3.05, 3.63) is 96.8 Å². The Balaban J connectivity index is 0.000000316. The van der Waals surface area contributed by atoms with Crippen LogP contribution in [0.3, 0.4) is 0 Å². The standard InChI is InChI=1S/2C14H16N2.C2H6N2.Ru/c2*1-14(2,3)13-9-12(15-10-16-13)11-7-5-4-6-8-11;1-2(3)4;/h2*4-10H,1-3H3;1H3,(H3,3,4);/q;;;+3. The molecule has 2 aromatic carbocycles. The zero-order valence-electron chi connectivity index (χ0n) is 22.8. The van der Waals surface area contributed by atoms with Gasteiger partial charge in [0.2, 0.25) is 0 Å². The van der Waals surface area contributed by atoms with Gasteiger partial charge < -0.3 is 5.73 Å². The Morgan fingerprint density at radius 2 is 0.919 bits per heavy atom. The zero-order chi connectivity index (χ0) is 26.8. The fourth-order valence-electron chi connectivity index (χ4n) is 3.07. The van der Waals surface area contributed by atoms with Gasteiger partial charge in [-0.25, -0.2) is 19.9 Å². The van der Waals surface area contributed by atoms with Crippen molar-refractivity contribution in [3.8, 4) is 22.5 Å². The molecule has 193 valence electrons. The maximum absolute atomic E-state index is 6.28. The second-order valence-electron chi connectivity index (χ2n) is 10.5. The minimum Gasteiger partial charge on any atom is -0.388 e. The van der Waals surface area contributed by atoms with E-state index in [1.807, 2.05) is 36.4 Å². The van der Waals surface area contributed by atoms with Crippen LogP contribution in [0.5, 0.6) is 0 Å². The van der Waals surface area contributed by atoms with Crippen LogP contribution in [0.4, 0.5) is 0 Å². The quantitative estimate of drug-likeness (QED) is 0.153. The summed E-state index contributed by atoms with van der Waals surface area (Å²) in [5.41, 5.74) is 11.2. The first kappa shape index (κ1) is 31.7.